The van der Waals surface area contributed by atoms with Crippen molar-refractivity contribution < 1.29 is 5.11 Å². The Hall–Kier alpha value is 0.650. The lowest BCUT2D eigenvalue weighted by molar-refractivity contribution is 0.108. The van der Waals surface area contributed by atoms with Gasteiger partial charge in [0, 0.05) is 35.5 Å². The summed E-state index contributed by atoms with van der Waals surface area (Å²) >= 11 is 2.38. The van der Waals surface area contributed by atoms with Crippen LogP contribution in [-0.2, 0) is 0 Å². The normalized spacial score (nSPS) is 48.0. The summed E-state index contributed by atoms with van der Waals surface area (Å²) in [6.07, 6.45) is 3.35. The van der Waals surface area contributed by atoms with Crippen molar-refractivity contribution in [1.82, 2.24) is 3.11 Å². The van der Waals surface area contributed by atoms with E-state index >= 15 is 0 Å². The number of hydrogen-bond donors (Lipinski definition) is 1. The molecule has 58 valence electrons. The van der Waals surface area contributed by atoms with Gasteiger partial charge >= 0.3 is 0 Å². The molecule has 3 unspecified atom stereocenters. The Kier molecular flexibility index (Phi) is 1.90. The second kappa shape index (κ2) is 2.60. The van der Waals surface area contributed by atoms with Gasteiger partial charge in [0.25, 0.3) is 0 Å². The first-order chi connectivity index (χ1) is 4.75. The largest absolute Gasteiger partial charge is 0.393 e. The highest BCUT2D eigenvalue weighted by atomic mass is 127. The molecule has 2 rings (SSSR count). The predicted molar refractivity (Wildman–Crippen MR) is 47.9 cm³/mol. The minimum absolute atomic E-state index is 0.0106. The lowest BCUT2D eigenvalue weighted by Crippen LogP contribution is -2.26. The summed E-state index contributed by atoms with van der Waals surface area (Å²) in [7, 11) is 0. The van der Waals surface area contributed by atoms with Crippen molar-refractivity contribution in [3.8, 4) is 0 Å². The van der Waals surface area contributed by atoms with Crippen LogP contribution in [0.5, 0.6) is 0 Å². The molecule has 1 N–H and O–H groups in total. The molecular weight excluding hydrogens is 241 g/mol. The second-order valence-corrected chi connectivity index (χ2v) is 4.70. The van der Waals surface area contributed by atoms with Crippen LogP contribution < -0.4 is 0 Å². The first-order valence-corrected chi connectivity index (χ1v) is 4.82. The first kappa shape index (κ1) is 7.31. The fourth-order valence-electron chi connectivity index (χ4n) is 2.15. The summed E-state index contributed by atoms with van der Waals surface area (Å²) in [6.45, 7) is 1.20. The van der Waals surface area contributed by atoms with E-state index in [2.05, 4.69) is 26.0 Å². The highest BCUT2D eigenvalue weighted by Crippen LogP contribution is 2.37. The SMILES string of the molecule is OC1CC2CC(C1)N(I)C2. The Labute approximate surface area is 75.1 Å². The number of halogens is 1. The number of nitrogens with zero attached hydrogens (tertiary/aromatic N) is 1. The summed E-state index contributed by atoms with van der Waals surface area (Å²) < 4.78 is 2.36. The van der Waals surface area contributed by atoms with Crippen LogP contribution >= 0.6 is 22.9 Å². The van der Waals surface area contributed by atoms with Crippen molar-refractivity contribution in [3.63, 3.8) is 0 Å². The van der Waals surface area contributed by atoms with Crippen LogP contribution in [0, 0.1) is 5.92 Å². The molecule has 0 spiro atoms. The third-order valence-electron chi connectivity index (χ3n) is 2.58. The van der Waals surface area contributed by atoms with Crippen LogP contribution in [0.3, 0.4) is 0 Å². The molecule has 2 nitrogen and oxygen atoms in total. The molecular formula is C7H12INO. The number of aliphatic hydroxyl groups is 1. The zero-order valence-corrected chi connectivity index (χ0v) is 7.99. The lowest BCUT2D eigenvalue weighted by Gasteiger charge is -2.23. The number of aliphatic hydroxyl groups excluding tert-OH is 1. The van der Waals surface area contributed by atoms with Gasteiger partial charge in [-0.3, -0.25) is 0 Å². The van der Waals surface area contributed by atoms with E-state index in [1.54, 1.807) is 0 Å². The average molecular weight is 253 g/mol. The van der Waals surface area contributed by atoms with Gasteiger partial charge < -0.3 is 5.11 Å². The van der Waals surface area contributed by atoms with Gasteiger partial charge in [-0.15, -0.1) is 0 Å². The molecule has 2 bridgehead atoms. The van der Waals surface area contributed by atoms with E-state index in [0.29, 0.717) is 6.04 Å². The molecule has 3 heteroatoms. The topological polar surface area (TPSA) is 23.5 Å². The van der Waals surface area contributed by atoms with E-state index < -0.39 is 0 Å². The molecule has 2 aliphatic rings. The van der Waals surface area contributed by atoms with Gasteiger partial charge in [-0.25, -0.2) is 3.11 Å². The number of fused-ring (bicyclic) bond motifs is 2. The van der Waals surface area contributed by atoms with Gasteiger partial charge in [0.15, 0.2) is 0 Å². The molecule has 10 heavy (non-hydrogen) atoms. The van der Waals surface area contributed by atoms with Gasteiger partial charge in [-0.05, 0) is 25.2 Å². The van der Waals surface area contributed by atoms with E-state index in [4.69, 9.17) is 0 Å². The highest BCUT2D eigenvalue weighted by molar-refractivity contribution is 14.1. The van der Waals surface area contributed by atoms with Gasteiger partial charge in [0.2, 0.25) is 0 Å². The monoisotopic (exact) mass is 253 g/mol. The molecule has 2 fully saturated rings. The van der Waals surface area contributed by atoms with Gasteiger partial charge in [-0.1, -0.05) is 0 Å². The van der Waals surface area contributed by atoms with E-state index in [0.717, 1.165) is 18.8 Å². The molecule has 0 amide bonds. The third kappa shape index (κ3) is 1.19. The molecule has 1 heterocycles. The van der Waals surface area contributed by atoms with Crippen LogP contribution in [-0.4, -0.2) is 26.9 Å². The van der Waals surface area contributed by atoms with Crippen LogP contribution in [0.4, 0.5) is 0 Å². The summed E-state index contributed by atoms with van der Waals surface area (Å²) in [4.78, 5) is 0. The van der Waals surface area contributed by atoms with Crippen molar-refractivity contribution >= 4 is 22.9 Å². The van der Waals surface area contributed by atoms with Crippen LogP contribution in [0.15, 0.2) is 0 Å². The van der Waals surface area contributed by atoms with Crippen LogP contribution in [0.2, 0.25) is 0 Å². The van der Waals surface area contributed by atoms with Crippen molar-refractivity contribution in [2.45, 2.75) is 31.4 Å². The fourth-order valence-corrected chi connectivity index (χ4v) is 3.16. The Morgan fingerprint density at radius 3 is 2.80 bits per heavy atom. The molecule has 1 saturated carbocycles. The Balaban J connectivity index is 2.06. The molecule has 1 aliphatic heterocycles. The molecule has 1 aliphatic carbocycles. The van der Waals surface area contributed by atoms with Gasteiger partial charge in [0.1, 0.15) is 0 Å². The highest BCUT2D eigenvalue weighted by Gasteiger charge is 2.37. The molecule has 1 saturated heterocycles. The van der Waals surface area contributed by atoms with Gasteiger partial charge in [-0.2, -0.15) is 0 Å². The quantitative estimate of drug-likeness (QED) is 0.517. The maximum absolute atomic E-state index is 9.38. The lowest BCUT2D eigenvalue weighted by atomic mass is 9.88. The first-order valence-electron chi connectivity index (χ1n) is 3.86. The van der Waals surface area contributed by atoms with E-state index in [9.17, 15) is 5.11 Å². The van der Waals surface area contributed by atoms with Gasteiger partial charge in [0.05, 0.1) is 6.10 Å². The smallest absolute Gasteiger partial charge is 0.0558 e. The van der Waals surface area contributed by atoms with Crippen molar-refractivity contribution in [1.29, 1.82) is 0 Å². The number of hydrogen-bond acceptors (Lipinski definition) is 2. The molecule has 0 aromatic heterocycles. The summed E-state index contributed by atoms with van der Waals surface area (Å²) in [5.41, 5.74) is 0. The van der Waals surface area contributed by atoms with E-state index in [-0.39, 0.29) is 6.10 Å². The molecule has 0 aromatic carbocycles. The van der Waals surface area contributed by atoms with Crippen LogP contribution in [0.25, 0.3) is 0 Å². The summed E-state index contributed by atoms with van der Waals surface area (Å²) in [5.74, 6) is 0.783. The second-order valence-electron chi connectivity index (χ2n) is 3.46. The minimum atomic E-state index is -0.0106. The maximum Gasteiger partial charge on any atom is 0.0558 e. The Bertz CT molecular complexity index is 137. The van der Waals surface area contributed by atoms with Crippen molar-refractivity contribution in [3.05, 3.63) is 0 Å². The fraction of sp³-hybridized carbons (Fsp3) is 1.00. The average Bonchev–Trinajstić information content (AvgIpc) is 2.07. The maximum atomic E-state index is 9.38. The number of rotatable bonds is 0. The van der Waals surface area contributed by atoms with E-state index in [1.807, 2.05) is 0 Å². The zero-order chi connectivity index (χ0) is 7.14. The van der Waals surface area contributed by atoms with Crippen molar-refractivity contribution in [2.75, 3.05) is 6.54 Å². The van der Waals surface area contributed by atoms with E-state index in [1.165, 1.54) is 13.0 Å². The standard InChI is InChI=1S/C7H12INO/c8-9-4-5-1-6(9)3-7(10)2-5/h5-7,10H,1-4H2. The minimum Gasteiger partial charge on any atom is -0.393 e. The molecule has 0 radical (unpaired) electrons. The van der Waals surface area contributed by atoms with Crippen molar-refractivity contribution in [2.24, 2.45) is 5.92 Å². The zero-order valence-electron chi connectivity index (χ0n) is 5.83. The third-order valence-corrected chi connectivity index (χ3v) is 3.77. The summed E-state index contributed by atoms with van der Waals surface area (Å²) in [6, 6.07) is 0.675. The predicted octanol–water partition coefficient (Wildman–Crippen LogP) is 1.18. The molecule has 0 aromatic rings. The Morgan fingerprint density at radius 2 is 2.10 bits per heavy atom. The van der Waals surface area contributed by atoms with Crippen LogP contribution in [0.1, 0.15) is 19.3 Å². The molecule has 3 atom stereocenters. The summed E-state index contributed by atoms with van der Waals surface area (Å²) in [5, 5.41) is 9.38. The Morgan fingerprint density at radius 1 is 1.30 bits per heavy atom.